The summed E-state index contributed by atoms with van der Waals surface area (Å²) in [6.07, 6.45) is 3.74. The maximum atomic E-state index is 11.3. The van der Waals surface area contributed by atoms with Gasteiger partial charge in [-0.15, -0.1) is 24.0 Å². The average molecular weight is 515 g/mol. The first kappa shape index (κ1) is 23.6. The van der Waals surface area contributed by atoms with Crippen LogP contribution in [-0.2, 0) is 4.79 Å². The van der Waals surface area contributed by atoms with E-state index in [9.17, 15) is 4.79 Å². The molecule has 2 saturated heterocycles. The second-order valence-electron chi connectivity index (χ2n) is 7.83. The molecule has 29 heavy (non-hydrogen) atoms. The number of benzene rings is 1. The zero-order chi connectivity index (χ0) is 19.9. The summed E-state index contributed by atoms with van der Waals surface area (Å²) in [5, 5.41) is 3.56. The Morgan fingerprint density at radius 1 is 1.24 bits per heavy atom. The minimum Gasteiger partial charge on any atom is -0.495 e. The molecule has 1 aromatic carbocycles. The molecule has 8 heteroatoms. The third-order valence-corrected chi connectivity index (χ3v) is 5.78. The molecule has 0 spiro atoms. The molecule has 2 aliphatic heterocycles. The number of para-hydroxylation sites is 2. The number of methoxy groups -OCH3 is 1. The number of nitrogens with zero attached hydrogens (tertiary/aromatic N) is 3. The quantitative estimate of drug-likeness (QED) is 0.345. The Bertz CT molecular complexity index is 699. The van der Waals surface area contributed by atoms with Crippen LogP contribution in [0.2, 0.25) is 0 Å². The molecular weight excluding hydrogens is 481 g/mol. The highest BCUT2D eigenvalue weighted by molar-refractivity contribution is 14.0. The van der Waals surface area contributed by atoms with Crippen molar-refractivity contribution < 1.29 is 9.53 Å². The molecule has 7 nitrogen and oxygen atoms in total. The Balaban J connectivity index is 0.00000300. The number of nitrogens with one attached hydrogen (secondary N) is 1. The highest BCUT2D eigenvalue weighted by Gasteiger charge is 2.27. The van der Waals surface area contributed by atoms with E-state index in [1.165, 1.54) is 5.69 Å². The average Bonchev–Trinajstić information content (AvgIpc) is 3.17. The first-order valence-electron chi connectivity index (χ1n) is 10.2. The minimum absolute atomic E-state index is 0. The van der Waals surface area contributed by atoms with Crippen molar-refractivity contribution in [2.75, 3.05) is 51.8 Å². The third kappa shape index (κ3) is 6.38. The molecule has 3 rings (SSSR count). The molecule has 0 aliphatic carbocycles. The van der Waals surface area contributed by atoms with Gasteiger partial charge in [0.2, 0.25) is 5.91 Å². The molecule has 0 radical (unpaired) electrons. The van der Waals surface area contributed by atoms with Crippen molar-refractivity contribution in [3.05, 3.63) is 24.3 Å². The molecule has 2 fully saturated rings. The number of likely N-dealkylation sites (tertiary alicyclic amines) is 1. The number of halogens is 1. The number of guanidine groups is 1. The van der Waals surface area contributed by atoms with Gasteiger partial charge >= 0.3 is 0 Å². The van der Waals surface area contributed by atoms with Gasteiger partial charge in [-0.25, -0.2) is 0 Å². The summed E-state index contributed by atoms with van der Waals surface area (Å²) in [5.74, 6) is 2.55. The SMILES string of the molecule is CN=C(NCC1CCN(c2ccccc2OC)C1)N1CCCC(CC(N)=O)C1.I. The summed E-state index contributed by atoms with van der Waals surface area (Å²) >= 11 is 0. The number of hydrogen-bond donors (Lipinski definition) is 2. The highest BCUT2D eigenvalue weighted by atomic mass is 127. The van der Waals surface area contributed by atoms with E-state index in [0.717, 1.165) is 63.7 Å². The fraction of sp³-hybridized carbons (Fsp3) is 0.619. The van der Waals surface area contributed by atoms with E-state index >= 15 is 0 Å². The molecule has 0 saturated carbocycles. The Morgan fingerprint density at radius 3 is 2.76 bits per heavy atom. The van der Waals surface area contributed by atoms with E-state index in [1.54, 1.807) is 7.11 Å². The van der Waals surface area contributed by atoms with E-state index in [2.05, 4.69) is 32.2 Å². The topological polar surface area (TPSA) is 83.2 Å². The molecule has 2 heterocycles. The number of primary amides is 1. The van der Waals surface area contributed by atoms with Crippen LogP contribution in [0.3, 0.4) is 0 Å². The normalized spacial score (nSPS) is 22.2. The molecule has 2 unspecified atom stereocenters. The number of amides is 1. The fourth-order valence-corrected chi connectivity index (χ4v) is 4.39. The molecule has 162 valence electrons. The van der Waals surface area contributed by atoms with E-state index < -0.39 is 0 Å². The van der Waals surface area contributed by atoms with Gasteiger partial charge in [-0.3, -0.25) is 9.79 Å². The van der Waals surface area contributed by atoms with Gasteiger partial charge in [-0.1, -0.05) is 12.1 Å². The van der Waals surface area contributed by atoms with Crippen molar-refractivity contribution in [3.63, 3.8) is 0 Å². The Hall–Kier alpha value is -1.71. The van der Waals surface area contributed by atoms with Gasteiger partial charge in [0.15, 0.2) is 5.96 Å². The van der Waals surface area contributed by atoms with E-state index in [1.807, 2.05) is 19.2 Å². The van der Waals surface area contributed by atoms with Gasteiger partial charge in [0, 0.05) is 46.2 Å². The van der Waals surface area contributed by atoms with E-state index in [4.69, 9.17) is 10.5 Å². The predicted octanol–water partition coefficient (Wildman–Crippen LogP) is 2.30. The lowest BCUT2D eigenvalue weighted by atomic mass is 9.95. The van der Waals surface area contributed by atoms with Gasteiger partial charge in [0.05, 0.1) is 12.8 Å². The summed E-state index contributed by atoms with van der Waals surface area (Å²) < 4.78 is 5.51. The van der Waals surface area contributed by atoms with Crippen LogP contribution < -0.4 is 20.7 Å². The van der Waals surface area contributed by atoms with Gasteiger partial charge in [0.1, 0.15) is 5.75 Å². The fourth-order valence-electron chi connectivity index (χ4n) is 4.39. The lowest BCUT2D eigenvalue weighted by molar-refractivity contribution is -0.119. The van der Waals surface area contributed by atoms with Gasteiger partial charge in [-0.05, 0) is 43.2 Å². The lowest BCUT2D eigenvalue weighted by Gasteiger charge is -2.35. The summed E-state index contributed by atoms with van der Waals surface area (Å²) in [5.41, 5.74) is 6.55. The summed E-state index contributed by atoms with van der Waals surface area (Å²) in [7, 11) is 3.55. The summed E-state index contributed by atoms with van der Waals surface area (Å²) in [6.45, 7) is 4.77. The maximum Gasteiger partial charge on any atom is 0.217 e. The number of rotatable bonds is 6. The smallest absolute Gasteiger partial charge is 0.217 e. The van der Waals surface area contributed by atoms with Crippen molar-refractivity contribution in [1.82, 2.24) is 10.2 Å². The van der Waals surface area contributed by atoms with Crippen LogP contribution in [0.4, 0.5) is 5.69 Å². The van der Waals surface area contributed by atoms with Crippen molar-refractivity contribution in [1.29, 1.82) is 0 Å². The van der Waals surface area contributed by atoms with Gasteiger partial charge in [-0.2, -0.15) is 0 Å². The van der Waals surface area contributed by atoms with Crippen molar-refractivity contribution in [3.8, 4) is 5.75 Å². The Kier molecular flexibility index (Phi) is 9.32. The standard InChI is InChI=1S/C21H33N5O2.HI/c1-23-21(26-10-5-6-16(14-26)12-20(22)27)24-13-17-9-11-25(15-17)18-7-3-4-8-19(18)28-2;/h3-4,7-8,16-17H,5-6,9-15H2,1-2H3,(H2,22,27)(H,23,24);1H. The second kappa shape index (κ2) is 11.5. The zero-order valence-corrected chi connectivity index (χ0v) is 19.8. The van der Waals surface area contributed by atoms with Gasteiger partial charge < -0.3 is 25.6 Å². The van der Waals surface area contributed by atoms with Crippen LogP contribution >= 0.6 is 24.0 Å². The number of ether oxygens (including phenoxy) is 1. The zero-order valence-electron chi connectivity index (χ0n) is 17.5. The van der Waals surface area contributed by atoms with Crippen LogP contribution in [0.1, 0.15) is 25.7 Å². The van der Waals surface area contributed by atoms with Gasteiger partial charge in [0.25, 0.3) is 0 Å². The second-order valence-corrected chi connectivity index (χ2v) is 7.83. The molecule has 2 atom stereocenters. The summed E-state index contributed by atoms with van der Waals surface area (Å²) in [6, 6.07) is 8.21. The number of piperidine rings is 1. The molecule has 1 amide bonds. The molecule has 1 aromatic rings. The molecule has 2 aliphatic rings. The Labute approximate surface area is 191 Å². The number of aliphatic imine (C=N–C) groups is 1. The van der Waals surface area contributed by atoms with Crippen molar-refractivity contribution >= 4 is 41.5 Å². The van der Waals surface area contributed by atoms with Crippen LogP contribution in [0, 0.1) is 11.8 Å². The number of hydrogen-bond acceptors (Lipinski definition) is 4. The van der Waals surface area contributed by atoms with Crippen LogP contribution in [0.5, 0.6) is 5.75 Å². The van der Waals surface area contributed by atoms with Crippen LogP contribution in [0.25, 0.3) is 0 Å². The van der Waals surface area contributed by atoms with Crippen LogP contribution in [-0.4, -0.2) is 63.6 Å². The lowest BCUT2D eigenvalue weighted by Crippen LogP contribution is -2.48. The highest BCUT2D eigenvalue weighted by Crippen LogP contribution is 2.31. The van der Waals surface area contributed by atoms with Crippen molar-refractivity contribution in [2.45, 2.75) is 25.7 Å². The number of carbonyl (C=O) groups is 1. The number of carbonyl (C=O) groups excluding carboxylic acids is 1. The van der Waals surface area contributed by atoms with E-state index in [0.29, 0.717) is 18.3 Å². The van der Waals surface area contributed by atoms with E-state index in [-0.39, 0.29) is 29.9 Å². The first-order chi connectivity index (χ1) is 13.6. The van der Waals surface area contributed by atoms with Crippen LogP contribution in [0.15, 0.2) is 29.3 Å². The minimum atomic E-state index is -0.211. The number of nitrogens with two attached hydrogens (primary N) is 1. The Morgan fingerprint density at radius 2 is 2.03 bits per heavy atom. The monoisotopic (exact) mass is 515 g/mol. The first-order valence-corrected chi connectivity index (χ1v) is 10.2. The molecule has 0 bridgehead atoms. The maximum absolute atomic E-state index is 11.3. The largest absolute Gasteiger partial charge is 0.495 e. The van der Waals surface area contributed by atoms with Crippen molar-refractivity contribution in [2.24, 2.45) is 22.6 Å². The molecule has 3 N–H and O–H groups in total. The predicted molar refractivity (Wildman–Crippen MR) is 128 cm³/mol. The number of anilines is 1. The molecule has 0 aromatic heterocycles. The summed E-state index contributed by atoms with van der Waals surface area (Å²) in [4.78, 5) is 20.4. The molecular formula is C21H34IN5O2. The third-order valence-electron chi connectivity index (χ3n) is 5.78.